The molecule has 1 amide bonds. The van der Waals surface area contributed by atoms with E-state index in [1.807, 2.05) is 54.5 Å². The summed E-state index contributed by atoms with van der Waals surface area (Å²) in [4.78, 5) is 19.2. The molecule has 0 spiro atoms. The third kappa shape index (κ3) is 3.43. The minimum Gasteiger partial charge on any atom is -0.342 e. The van der Waals surface area contributed by atoms with E-state index in [-0.39, 0.29) is 11.8 Å². The smallest absolute Gasteiger partial charge is 0.225 e. The Bertz CT molecular complexity index is 1000. The highest BCUT2D eigenvalue weighted by Gasteiger charge is 2.51. The van der Waals surface area contributed by atoms with Gasteiger partial charge in [0.25, 0.3) is 0 Å². The molecule has 2 heterocycles. The number of rotatable bonds is 3. The van der Waals surface area contributed by atoms with Crippen LogP contribution in [0.15, 0.2) is 48.7 Å². The Morgan fingerprint density at radius 1 is 1.17 bits per heavy atom. The van der Waals surface area contributed by atoms with Gasteiger partial charge in [-0.3, -0.25) is 9.78 Å². The maximum atomic E-state index is 12.6. The normalized spacial score (nSPS) is 31.0. The van der Waals surface area contributed by atoms with Crippen LogP contribution in [0.3, 0.4) is 0 Å². The number of nitrogens with zero attached hydrogens (tertiary/aromatic N) is 3. The summed E-state index contributed by atoms with van der Waals surface area (Å²) in [5, 5.41) is 9.33. The average Bonchev–Trinajstić information content (AvgIpc) is 2.98. The second kappa shape index (κ2) is 8.07. The molecule has 0 N–H and O–H groups in total. The molecule has 4 heteroatoms. The Labute approximate surface area is 179 Å². The lowest BCUT2D eigenvalue weighted by Crippen LogP contribution is -2.43. The molecule has 1 aromatic carbocycles. The van der Waals surface area contributed by atoms with Gasteiger partial charge in [-0.15, -0.1) is 0 Å². The van der Waals surface area contributed by atoms with E-state index in [0.717, 1.165) is 23.2 Å². The Hall–Kier alpha value is -2.93. The molecule has 1 aromatic heterocycles. The quantitative estimate of drug-likeness (QED) is 0.728. The summed E-state index contributed by atoms with van der Waals surface area (Å²) in [6.45, 7) is 6.72. The Morgan fingerprint density at radius 3 is 2.63 bits per heavy atom. The molecule has 1 aliphatic heterocycles. The van der Waals surface area contributed by atoms with Crippen molar-refractivity contribution in [1.29, 1.82) is 5.26 Å². The summed E-state index contributed by atoms with van der Waals surface area (Å²) in [6.07, 6.45) is 7.31. The number of hydrogen-bond donors (Lipinski definition) is 0. The van der Waals surface area contributed by atoms with Gasteiger partial charge < -0.3 is 4.90 Å². The first-order chi connectivity index (χ1) is 14.4. The number of benzene rings is 1. The van der Waals surface area contributed by atoms with Crippen LogP contribution in [0.1, 0.15) is 38.4 Å². The molecular formula is C26H29N3O. The zero-order valence-electron chi connectivity index (χ0n) is 18.1. The van der Waals surface area contributed by atoms with Crippen LogP contribution in [0.2, 0.25) is 0 Å². The topological polar surface area (TPSA) is 57.0 Å². The van der Waals surface area contributed by atoms with Gasteiger partial charge in [0.05, 0.1) is 17.3 Å². The van der Waals surface area contributed by atoms with Gasteiger partial charge in [-0.1, -0.05) is 51.1 Å². The highest BCUT2D eigenvalue weighted by atomic mass is 16.2. The number of aromatic nitrogens is 1. The monoisotopic (exact) mass is 399 g/mol. The van der Waals surface area contributed by atoms with Crippen LogP contribution < -0.4 is 0 Å². The van der Waals surface area contributed by atoms with E-state index >= 15 is 0 Å². The molecule has 2 aromatic rings. The zero-order valence-corrected chi connectivity index (χ0v) is 18.1. The van der Waals surface area contributed by atoms with Crippen LogP contribution in [0, 0.1) is 40.9 Å². The maximum Gasteiger partial charge on any atom is 0.225 e. The second-order valence-corrected chi connectivity index (χ2v) is 9.02. The van der Waals surface area contributed by atoms with Gasteiger partial charge in [-0.2, -0.15) is 5.26 Å². The minimum absolute atomic E-state index is 0.0717. The zero-order chi connectivity index (χ0) is 21.4. The molecule has 0 unspecified atom stereocenters. The second-order valence-electron chi connectivity index (χ2n) is 9.02. The predicted molar refractivity (Wildman–Crippen MR) is 119 cm³/mol. The lowest BCUT2D eigenvalue weighted by Gasteiger charge is -2.43. The Morgan fingerprint density at radius 2 is 1.93 bits per heavy atom. The number of fused-ring (bicyclic) bond motifs is 1. The van der Waals surface area contributed by atoms with Crippen molar-refractivity contribution >= 4 is 12.0 Å². The van der Waals surface area contributed by atoms with Gasteiger partial charge in [0, 0.05) is 36.3 Å². The molecule has 4 nitrogen and oxygen atoms in total. The van der Waals surface area contributed by atoms with E-state index in [1.165, 1.54) is 0 Å². The molecule has 30 heavy (non-hydrogen) atoms. The summed E-state index contributed by atoms with van der Waals surface area (Å²) in [6, 6.07) is 14.2. The first kappa shape index (κ1) is 20.3. The summed E-state index contributed by atoms with van der Waals surface area (Å²) < 4.78 is 0. The Kier molecular flexibility index (Phi) is 5.47. The standard InChI is InChI=1S/C26H29N3O/c1-16-13-24-25(18(3)26(30)29(24)4)22(17(16)2)12-11-21-10-9-20(15-28-21)23-8-6-5-7-19(23)14-27/h5-12,15-18,22,24-25H,13H2,1-4H3/b12-11+/t16-,17+,18+,22-,24+,25-/m0/s1. The van der Waals surface area contributed by atoms with Crippen molar-refractivity contribution in [3.05, 3.63) is 59.9 Å². The van der Waals surface area contributed by atoms with Crippen molar-refractivity contribution in [3.8, 4) is 17.2 Å². The fraction of sp³-hybridized carbons (Fsp3) is 0.423. The highest BCUT2D eigenvalue weighted by molar-refractivity contribution is 5.81. The van der Waals surface area contributed by atoms with Crippen LogP contribution in [0.25, 0.3) is 17.2 Å². The van der Waals surface area contributed by atoms with E-state index in [9.17, 15) is 10.1 Å². The van der Waals surface area contributed by atoms with E-state index in [1.54, 1.807) is 0 Å². The molecular weight excluding hydrogens is 370 g/mol. The number of pyridine rings is 1. The van der Waals surface area contributed by atoms with E-state index in [4.69, 9.17) is 0 Å². The van der Waals surface area contributed by atoms with Crippen molar-refractivity contribution in [2.75, 3.05) is 7.05 Å². The molecule has 2 aliphatic rings. The lowest BCUT2D eigenvalue weighted by molar-refractivity contribution is -0.130. The van der Waals surface area contributed by atoms with Crippen molar-refractivity contribution in [2.24, 2.45) is 29.6 Å². The summed E-state index contributed by atoms with van der Waals surface area (Å²) in [5.41, 5.74) is 3.41. The van der Waals surface area contributed by atoms with Gasteiger partial charge in [0.15, 0.2) is 0 Å². The van der Waals surface area contributed by atoms with Gasteiger partial charge in [-0.25, -0.2) is 0 Å². The van der Waals surface area contributed by atoms with Crippen molar-refractivity contribution in [3.63, 3.8) is 0 Å². The van der Waals surface area contributed by atoms with Gasteiger partial charge >= 0.3 is 0 Å². The number of allylic oxidation sites excluding steroid dienone is 1. The third-order valence-corrected chi connectivity index (χ3v) is 7.45. The van der Waals surface area contributed by atoms with Crippen LogP contribution in [0.5, 0.6) is 0 Å². The lowest BCUT2D eigenvalue weighted by atomic mass is 9.63. The fourth-order valence-electron chi connectivity index (χ4n) is 5.48. The number of likely N-dealkylation sites (tertiary alicyclic amines) is 1. The van der Waals surface area contributed by atoms with E-state index < -0.39 is 0 Å². The molecule has 154 valence electrons. The summed E-state index contributed by atoms with van der Waals surface area (Å²) in [5.74, 6) is 2.20. The Balaban J connectivity index is 1.58. The largest absolute Gasteiger partial charge is 0.342 e. The minimum atomic E-state index is 0.0717. The van der Waals surface area contributed by atoms with Crippen molar-refractivity contribution in [1.82, 2.24) is 9.88 Å². The number of amides is 1. The molecule has 4 rings (SSSR count). The molecule has 1 aliphatic carbocycles. The van der Waals surface area contributed by atoms with Crippen LogP contribution >= 0.6 is 0 Å². The summed E-state index contributed by atoms with van der Waals surface area (Å²) >= 11 is 0. The number of hydrogen-bond acceptors (Lipinski definition) is 3. The predicted octanol–water partition coefficient (Wildman–Crippen LogP) is 5.02. The molecule has 1 saturated heterocycles. The van der Waals surface area contributed by atoms with Crippen molar-refractivity contribution in [2.45, 2.75) is 33.2 Å². The summed E-state index contributed by atoms with van der Waals surface area (Å²) in [7, 11) is 1.96. The first-order valence-electron chi connectivity index (χ1n) is 10.8. The van der Waals surface area contributed by atoms with Crippen molar-refractivity contribution < 1.29 is 4.79 Å². The first-order valence-corrected chi connectivity index (χ1v) is 10.8. The SMILES string of the molecule is C[C@H]1[C@H](/C=C/c2ccc(-c3ccccc3C#N)cn2)[C@H]2[C@@H](C[C@@H]1C)N(C)C(=O)[C@@H]2C. The van der Waals surface area contributed by atoms with Gasteiger partial charge in [-0.05, 0) is 48.3 Å². The van der Waals surface area contributed by atoms with E-state index in [2.05, 4.69) is 44.0 Å². The van der Waals surface area contributed by atoms with Crippen LogP contribution in [-0.4, -0.2) is 28.9 Å². The number of nitriles is 1. The molecule has 0 radical (unpaired) electrons. The van der Waals surface area contributed by atoms with Crippen LogP contribution in [-0.2, 0) is 4.79 Å². The average molecular weight is 400 g/mol. The van der Waals surface area contributed by atoms with E-state index in [0.29, 0.717) is 35.3 Å². The highest BCUT2D eigenvalue weighted by Crippen LogP contribution is 2.48. The molecule has 2 fully saturated rings. The molecule has 0 bridgehead atoms. The molecule has 6 atom stereocenters. The maximum absolute atomic E-state index is 12.6. The number of carbonyl (C=O) groups is 1. The fourth-order valence-corrected chi connectivity index (χ4v) is 5.48. The molecule has 1 saturated carbocycles. The van der Waals surface area contributed by atoms with Gasteiger partial charge in [0.2, 0.25) is 5.91 Å². The van der Waals surface area contributed by atoms with Gasteiger partial charge in [0.1, 0.15) is 0 Å². The number of carbonyl (C=O) groups excluding carboxylic acids is 1. The van der Waals surface area contributed by atoms with Crippen LogP contribution in [0.4, 0.5) is 0 Å². The third-order valence-electron chi connectivity index (χ3n) is 7.45.